The van der Waals surface area contributed by atoms with E-state index < -0.39 is 0 Å². The Bertz CT molecular complexity index is 861. The Labute approximate surface area is 171 Å². The molecule has 0 aromatic heterocycles. The van der Waals surface area contributed by atoms with Crippen LogP contribution in [0.3, 0.4) is 0 Å². The van der Waals surface area contributed by atoms with Gasteiger partial charge in [0.05, 0.1) is 19.8 Å². The standard InChI is InChI=1S/C22H28N4O3/c1-26(2)18-9-4-7-16(13-18)21(27)25-22(23-15-20-11-6-12-29-20)24-17-8-5-10-19(14-17)28-3/h4-5,7-10,13-14,20H,6,11-12,15H2,1-3H3,(H2,23,24,25,27). The molecule has 1 saturated heterocycles. The monoisotopic (exact) mass is 396 g/mol. The van der Waals surface area contributed by atoms with E-state index >= 15 is 0 Å². The van der Waals surface area contributed by atoms with Crippen LogP contribution in [0.1, 0.15) is 23.2 Å². The number of benzene rings is 2. The van der Waals surface area contributed by atoms with Crippen molar-refractivity contribution in [2.75, 3.05) is 44.6 Å². The number of methoxy groups -OCH3 is 1. The summed E-state index contributed by atoms with van der Waals surface area (Å²) in [5, 5.41) is 6.08. The first-order valence-electron chi connectivity index (χ1n) is 9.71. The van der Waals surface area contributed by atoms with Gasteiger partial charge >= 0.3 is 0 Å². The van der Waals surface area contributed by atoms with Crippen molar-refractivity contribution in [1.29, 1.82) is 0 Å². The number of hydrogen-bond acceptors (Lipinski definition) is 5. The quantitative estimate of drug-likeness (QED) is 0.580. The molecular weight excluding hydrogens is 368 g/mol. The van der Waals surface area contributed by atoms with Crippen LogP contribution in [0.5, 0.6) is 5.75 Å². The molecule has 7 heteroatoms. The van der Waals surface area contributed by atoms with Crippen LogP contribution in [0.15, 0.2) is 53.5 Å². The summed E-state index contributed by atoms with van der Waals surface area (Å²) in [7, 11) is 5.50. The molecule has 0 saturated carbocycles. The number of rotatable bonds is 6. The van der Waals surface area contributed by atoms with E-state index in [0.717, 1.165) is 36.6 Å². The highest BCUT2D eigenvalue weighted by molar-refractivity contribution is 6.10. The molecule has 0 aliphatic carbocycles. The lowest BCUT2D eigenvalue weighted by Crippen LogP contribution is -2.36. The maximum atomic E-state index is 12.8. The molecule has 1 amide bonds. The highest BCUT2D eigenvalue weighted by Crippen LogP contribution is 2.17. The number of ether oxygens (including phenoxy) is 2. The zero-order valence-corrected chi connectivity index (χ0v) is 17.1. The van der Waals surface area contributed by atoms with Crippen molar-refractivity contribution in [3.8, 4) is 5.75 Å². The van der Waals surface area contributed by atoms with Crippen LogP contribution < -0.4 is 20.3 Å². The first-order valence-corrected chi connectivity index (χ1v) is 9.71. The number of carbonyl (C=O) groups excluding carboxylic acids is 1. The summed E-state index contributed by atoms with van der Waals surface area (Å²) in [6, 6.07) is 14.9. The van der Waals surface area contributed by atoms with Gasteiger partial charge in [-0.05, 0) is 43.2 Å². The van der Waals surface area contributed by atoms with Gasteiger partial charge < -0.3 is 19.7 Å². The first-order chi connectivity index (χ1) is 14.0. The van der Waals surface area contributed by atoms with Crippen molar-refractivity contribution in [1.82, 2.24) is 5.32 Å². The van der Waals surface area contributed by atoms with Gasteiger partial charge in [0.2, 0.25) is 5.96 Å². The minimum atomic E-state index is -0.227. The Hall–Kier alpha value is -3.06. The molecule has 2 aromatic carbocycles. The Morgan fingerprint density at radius 3 is 2.79 bits per heavy atom. The summed E-state index contributed by atoms with van der Waals surface area (Å²) in [6.45, 7) is 1.26. The molecule has 1 heterocycles. The molecule has 2 aromatic rings. The number of anilines is 2. The van der Waals surface area contributed by atoms with Gasteiger partial charge in [-0.15, -0.1) is 0 Å². The second kappa shape index (κ2) is 9.93. The molecule has 0 radical (unpaired) electrons. The topological polar surface area (TPSA) is 75.2 Å². The Morgan fingerprint density at radius 1 is 1.24 bits per heavy atom. The molecule has 1 atom stereocenters. The fourth-order valence-corrected chi connectivity index (χ4v) is 3.03. The number of hydrogen-bond donors (Lipinski definition) is 2. The van der Waals surface area contributed by atoms with Crippen molar-refractivity contribution in [3.63, 3.8) is 0 Å². The van der Waals surface area contributed by atoms with Crippen molar-refractivity contribution in [2.45, 2.75) is 18.9 Å². The third-order valence-corrected chi connectivity index (χ3v) is 4.67. The van der Waals surface area contributed by atoms with E-state index in [2.05, 4.69) is 15.6 Å². The van der Waals surface area contributed by atoms with Crippen LogP contribution in [0.4, 0.5) is 11.4 Å². The van der Waals surface area contributed by atoms with Gasteiger partial charge in [-0.3, -0.25) is 10.1 Å². The van der Waals surface area contributed by atoms with E-state index in [9.17, 15) is 4.79 Å². The van der Waals surface area contributed by atoms with Gasteiger partial charge in [-0.1, -0.05) is 12.1 Å². The Balaban J connectivity index is 1.77. The normalized spacial score (nSPS) is 16.4. The Morgan fingerprint density at radius 2 is 2.07 bits per heavy atom. The van der Waals surface area contributed by atoms with E-state index in [0.29, 0.717) is 18.1 Å². The van der Waals surface area contributed by atoms with E-state index in [1.54, 1.807) is 13.2 Å². The molecule has 29 heavy (non-hydrogen) atoms. The van der Waals surface area contributed by atoms with Crippen LogP contribution in [0.25, 0.3) is 0 Å². The number of aliphatic imine (C=N–C) groups is 1. The van der Waals surface area contributed by atoms with Crippen LogP contribution in [0.2, 0.25) is 0 Å². The van der Waals surface area contributed by atoms with Gasteiger partial charge in [0, 0.05) is 43.7 Å². The van der Waals surface area contributed by atoms with Crippen LogP contribution in [-0.4, -0.2) is 52.3 Å². The SMILES string of the molecule is COc1cccc(NC(=NCC2CCCO2)NC(=O)c2cccc(N(C)C)c2)c1. The summed E-state index contributed by atoms with van der Waals surface area (Å²) in [5.74, 6) is 0.877. The van der Waals surface area contributed by atoms with Crippen molar-refractivity contribution in [3.05, 3.63) is 54.1 Å². The fourth-order valence-electron chi connectivity index (χ4n) is 3.03. The van der Waals surface area contributed by atoms with E-state index in [-0.39, 0.29) is 12.0 Å². The van der Waals surface area contributed by atoms with Crippen LogP contribution in [-0.2, 0) is 4.74 Å². The number of carbonyl (C=O) groups is 1. The van der Waals surface area contributed by atoms with Crippen LogP contribution in [0, 0.1) is 0 Å². The third-order valence-electron chi connectivity index (χ3n) is 4.67. The minimum Gasteiger partial charge on any atom is -0.497 e. The molecular formula is C22H28N4O3. The maximum Gasteiger partial charge on any atom is 0.258 e. The number of amides is 1. The van der Waals surface area contributed by atoms with Crippen LogP contribution >= 0.6 is 0 Å². The molecule has 2 N–H and O–H groups in total. The molecule has 3 rings (SSSR count). The number of nitrogens with one attached hydrogen (secondary N) is 2. The Kier molecular flexibility index (Phi) is 7.08. The second-order valence-corrected chi connectivity index (χ2v) is 7.08. The molecule has 1 unspecified atom stereocenters. The molecule has 0 bridgehead atoms. The third kappa shape index (κ3) is 5.96. The van der Waals surface area contributed by atoms with Gasteiger partial charge in [-0.25, -0.2) is 4.99 Å². The summed E-state index contributed by atoms with van der Waals surface area (Å²) >= 11 is 0. The molecule has 7 nitrogen and oxygen atoms in total. The zero-order valence-electron chi connectivity index (χ0n) is 17.1. The molecule has 0 spiro atoms. The maximum absolute atomic E-state index is 12.8. The van der Waals surface area contributed by atoms with Gasteiger partial charge in [0.1, 0.15) is 5.75 Å². The fraction of sp³-hybridized carbons (Fsp3) is 0.364. The average molecular weight is 396 g/mol. The highest BCUT2D eigenvalue weighted by Gasteiger charge is 2.16. The van der Waals surface area contributed by atoms with Crippen molar-refractivity contribution < 1.29 is 14.3 Å². The molecule has 154 valence electrons. The molecule has 1 aliphatic heterocycles. The van der Waals surface area contributed by atoms with E-state index in [1.807, 2.05) is 61.5 Å². The second-order valence-electron chi connectivity index (χ2n) is 7.08. The summed E-state index contributed by atoms with van der Waals surface area (Å²) in [6.07, 6.45) is 2.11. The zero-order chi connectivity index (χ0) is 20.6. The van der Waals surface area contributed by atoms with Gasteiger partial charge in [0.25, 0.3) is 5.91 Å². The minimum absolute atomic E-state index is 0.0890. The van der Waals surface area contributed by atoms with Crippen molar-refractivity contribution in [2.24, 2.45) is 4.99 Å². The number of nitrogens with zero attached hydrogens (tertiary/aromatic N) is 2. The number of guanidine groups is 1. The molecule has 1 fully saturated rings. The van der Waals surface area contributed by atoms with Gasteiger partial charge in [-0.2, -0.15) is 0 Å². The predicted octanol–water partition coefficient (Wildman–Crippen LogP) is 3.14. The van der Waals surface area contributed by atoms with E-state index in [1.165, 1.54) is 0 Å². The largest absolute Gasteiger partial charge is 0.497 e. The smallest absolute Gasteiger partial charge is 0.258 e. The summed E-state index contributed by atoms with van der Waals surface area (Å²) in [5.41, 5.74) is 2.29. The lowest BCUT2D eigenvalue weighted by molar-refractivity contribution is 0.0975. The highest BCUT2D eigenvalue weighted by atomic mass is 16.5. The lowest BCUT2D eigenvalue weighted by Gasteiger charge is -2.15. The van der Waals surface area contributed by atoms with Crippen molar-refractivity contribution >= 4 is 23.2 Å². The summed E-state index contributed by atoms with van der Waals surface area (Å²) in [4.78, 5) is 19.4. The van der Waals surface area contributed by atoms with Gasteiger partial charge in [0.15, 0.2) is 0 Å². The van der Waals surface area contributed by atoms with E-state index in [4.69, 9.17) is 9.47 Å². The average Bonchev–Trinajstić information content (AvgIpc) is 3.26. The predicted molar refractivity (Wildman–Crippen MR) is 116 cm³/mol. The first kappa shape index (κ1) is 20.7. The summed E-state index contributed by atoms with van der Waals surface area (Å²) < 4.78 is 10.9. The lowest BCUT2D eigenvalue weighted by atomic mass is 10.2. The molecule has 1 aliphatic rings.